The zero-order valence-electron chi connectivity index (χ0n) is 11.2. The van der Waals surface area contributed by atoms with Crippen LogP contribution in [-0.4, -0.2) is 5.91 Å². The summed E-state index contributed by atoms with van der Waals surface area (Å²) >= 11 is 3.40. The van der Waals surface area contributed by atoms with Gasteiger partial charge in [-0.3, -0.25) is 4.79 Å². The molecule has 0 spiro atoms. The van der Waals surface area contributed by atoms with E-state index >= 15 is 0 Å². The van der Waals surface area contributed by atoms with Gasteiger partial charge in [0.25, 0.3) is 0 Å². The average Bonchev–Trinajstić information content (AvgIpc) is 2.47. The standard InChI is InChI=1S/C17H16BrNO/c1-13(15-8-10-16(18)11-9-15)19-17(20)12-7-14-5-3-2-4-6-14/h2-13H,1H3,(H,19,20)/b12-7+. The molecule has 3 heteroatoms. The van der Waals surface area contributed by atoms with Crippen LogP contribution in [-0.2, 0) is 4.79 Å². The van der Waals surface area contributed by atoms with Gasteiger partial charge in [0.2, 0.25) is 5.91 Å². The average molecular weight is 330 g/mol. The van der Waals surface area contributed by atoms with Crippen molar-refractivity contribution in [1.29, 1.82) is 0 Å². The van der Waals surface area contributed by atoms with E-state index in [0.29, 0.717) is 0 Å². The van der Waals surface area contributed by atoms with Crippen molar-refractivity contribution in [2.24, 2.45) is 0 Å². The van der Waals surface area contributed by atoms with E-state index in [1.165, 1.54) is 0 Å². The van der Waals surface area contributed by atoms with Crippen molar-refractivity contribution in [1.82, 2.24) is 5.32 Å². The van der Waals surface area contributed by atoms with Gasteiger partial charge in [-0.25, -0.2) is 0 Å². The molecule has 1 N–H and O–H groups in total. The Morgan fingerprint density at radius 2 is 1.75 bits per heavy atom. The van der Waals surface area contributed by atoms with E-state index in [1.54, 1.807) is 6.08 Å². The Kier molecular flexibility index (Phi) is 5.13. The van der Waals surface area contributed by atoms with E-state index in [9.17, 15) is 4.79 Å². The van der Waals surface area contributed by atoms with Crippen molar-refractivity contribution in [2.75, 3.05) is 0 Å². The lowest BCUT2D eigenvalue weighted by Crippen LogP contribution is -2.24. The van der Waals surface area contributed by atoms with Gasteiger partial charge < -0.3 is 5.32 Å². The first kappa shape index (κ1) is 14.5. The Morgan fingerprint density at radius 1 is 1.10 bits per heavy atom. The summed E-state index contributed by atoms with van der Waals surface area (Å²) < 4.78 is 1.03. The zero-order chi connectivity index (χ0) is 14.4. The minimum atomic E-state index is -0.0933. The first-order valence-corrected chi connectivity index (χ1v) is 7.23. The Hall–Kier alpha value is -1.87. The van der Waals surface area contributed by atoms with Crippen molar-refractivity contribution in [3.8, 4) is 0 Å². The summed E-state index contributed by atoms with van der Waals surface area (Å²) in [5.74, 6) is -0.0933. The smallest absolute Gasteiger partial charge is 0.244 e. The molecule has 2 rings (SSSR count). The third-order valence-corrected chi connectivity index (χ3v) is 3.48. The lowest BCUT2D eigenvalue weighted by atomic mass is 10.1. The Balaban J connectivity index is 1.94. The molecule has 0 fully saturated rings. The summed E-state index contributed by atoms with van der Waals surface area (Å²) in [6.07, 6.45) is 3.37. The molecule has 0 saturated heterocycles. The van der Waals surface area contributed by atoms with E-state index in [0.717, 1.165) is 15.6 Å². The van der Waals surface area contributed by atoms with E-state index < -0.39 is 0 Å². The predicted molar refractivity (Wildman–Crippen MR) is 86.2 cm³/mol. The quantitative estimate of drug-likeness (QED) is 0.830. The van der Waals surface area contributed by atoms with Gasteiger partial charge in [-0.1, -0.05) is 58.4 Å². The first-order valence-electron chi connectivity index (χ1n) is 6.44. The number of hydrogen-bond donors (Lipinski definition) is 1. The van der Waals surface area contributed by atoms with E-state index in [2.05, 4.69) is 21.2 Å². The Labute approximate surface area is 127 Å². The summed E-state index contributed by atoms with van der Waals surface area (Å²) in [4.78, 5) is 11.9. The molecule has 2 aromatic carbocycles. The third kappa shape index (κ3) is 4.35. The van der Waals surface area contributed by atoms with Crippen LogP contribution in [0.1, 0.15) is 24.1 Å². The number of carbonyl (C=O) groups excluding carboxylic acids is 1. The number of carbonyl (C=O) groups is 1. The van der Waals surface area contributed by atoms with Crippen LogP contribution in [0.2, 0.25) is 0 Å². The van der Waals surface area contributed by atoms with Crippen LogP contribution < -0.4 is 5.32 Å². The van der Waals surface area contributed by atoms with Gasteiger partial charge >= 0.3 is 0 Å². The fraction of sp³-hybridized carbons (Fsp3) is 0.118. The number of amides is 1. The van der Waals surface area contributed by atoms with E-state index in [1.807, 2.05) is 67.6 Å². The van der Waals surface area contributed by atoms with E-state index in [-0.39, 0.29) is 11.9 Å². The largest absolute Gasteiger partial charge is 0.346 e. The maximum absolute atomic E-state index is 11.9. The molecule has 0 aromatic heterocycles. The normalized spacial score (nSPS) is 12.3. The van der Waals surface area contributed by atoms with Gasteiger partial charge in [0.05, 0.1) is 6.04 Å². The van der Waals surface area contributed by atoms with Crippen LogP contribution in [0.4, 0.5) is 0 Å². The fourth-order valence-electron chi connectivity index (χ4n) is 1.83. The van der Waals surface area contributed by atoms with Crippen LogP contribution in [0, 0.1) is 0 Å². The molecule has 2 nitrogen and oxygen atoms in total. The lowest BCUT2D eigenvalue weighted by molar-refractivity contribution is -0.117. The second-order valence-electron chi connectivity index (χ2n) is 4.53. The van der Waals surface area contributed by atoms with Crippen LogP contribution in [0.25, 0.3) is 6.08 Å². The minimum absolute atomic E-state index is 0.0176. The fourth-order valence-corrected chi connectivity index (χ4v) is 2.10. The predicted octanol–water partition coefficient (Wildman–Crippen LogP) is 4.34. The van der Waals surface area contributed by atoms with Crippen molar-refractivity contribution >= 4 is 27.9 Å². The second-order valence-corrected chi connectivity index (χ2v) is 5.44. The van der Waals surface area contributed by atoms with Crippen LogP contribution in [0.15, 0.2) is 65.1 Å². The summed E-state index contributed by atoms with van der Waals surface area (Å²) in [6.45, 7) is 1.97. The molecule has 1 amide bonds. The number of halogens is 1. The summed E-state index contributed by atoms with van der Waals surface area (Å²) in [5.41, 5.74) is 2.09. The topological polar surface area (TPSA) is 29.1 Å². The molecule has 0 aliphatic rings. The van der Waals surface area contributed by atoms with Crippen LogP contribution in [0.3, 0.4) is 0 Å². The van der Waals surface area contributed by atoms with Gasteiger partial charge in [0.15, 0.2) is 0 Å². The van der Waals surface area contributed by atoms with Crippen molar-refractivity contribution < 1.29 is 4.79 Å². The SMILES string of the molecule is CC(NC(=O)/C=C/c1ccccc1)c1ccc(Br)cc1. The number of nitrogens with one attached hydrogen (secondary N) is 1. The molecule has 0 radical (unpaired) electrons. The van der Waals surface area contributed by atoms with Gasteiger partial charge in [0, 0.05) is 10.5 Å². The minimum Gasteiger partial charge on any atom is -0.346 e. The van der Waals surface area contributed by atoms with Crippen LogP contribution in [0.5, 0.6) is 0 Å². The Morgan fingerprint density at radius 3 is 2.40 bits per heavy atom. The zero-order valence-corrected chi connectivity index (χ0v) is 12.8. The molecule has 0 heterocycles. The van der Waals surface area contributed by atoms with Crippen LogP contribution >= 0.6 is 15.9 Å². The third-order valence-electron chi connectivity index (χ3n) is 2.96. The van der Waals surface area contributed by atoms with Crippen molar-refractivity contribution in [3.63, 3.8) is 0 Å². The number of benzene rings is 2. The van der Waals surface area contributed by atoms with Gasteiger partial charge in [-0.2, -0.15) is 0 Å². The highest BCUT2D eigenvalue weighted by Crippen LogP contribution is 2.16. The summed E-state index contributed by atoms with van der Waals surface area (Å²) in [5, 5.41) is 2.94. The highest BCUT2D eigenvalue weighted by atomic mass is 79.9. The second kappa shape index (κ2) is 7.06. The van der Waals surface area contributed by atoms with E-state index in [4.69, 9.17) is 0 Å². The molecule has 102 valence electrons. The van der Waals surface area contributed by atoms with Gasteiger partial charge in [-0.15, -0.1) is 0 Å². The molecular formula is C17H16BrNO. The molecule has 2 aromatic rings. The Bertz CT molecular complexity index is 590. The molecule has 0 saturated carbocycles. The molecule has 1 atom stereocenters. The van der Waals surface area contributed by atoms with Gasteiger partial charge in [0.1, 0.15) is 0 Å². The molecule has 20 heavy (non-hydrogen) atoms. The maximum atomic E-state index is 11.9. The maximum Gasteiger partial charge on any atom is 0.244 e. The molecule has 1 unspecified atom stereocenters. The molecule has 0 aliphatic heterocycles. The lowest BCUT2D eigenvalue weighted by Gasteiger charge is -2.12. The molecule has 0 aliphatic carbocycles. The molecule has 0 bridgehead atoms. The van der Waals surface area contributed by atoms with Gasteiger partial charge in [-0.05, 0) is 36.3 Å². The monoisotopic (exact) mass is 329 g/mol. The van der Waals surface area contributed by atoms with Crippen molar-refractivity contribution in [2.45, 2.75) is 13.0 Å². The number of hydrogen-bond acceptors (Lipinski definition) is 1. The summed E-state index contributed by atoms with van der Waals surface area (Å²) in [6, 6.07) is 17.7. The number of rotatable bonds is 4. The molecular weight excluding hydrogens is 314 g/mol. The van der Waals surface area contributed by atoms with Crippen molar-refractivity contribution in [3.05, 3.63) is 76.3 Å². The highest BCUT2D eigenvalue weighted by molar-refractivity contribution is 9.10. The summed E-state index contributed by atoms with van der Waals surface area (Å²) in [7, 11) is 0. The first-order chi connectivity index (χ1) is 9.65. The highest BCUT2D eigenvalue weighted by Gasteiger charge is 2.06.